The molecule has 0 saturated heterocycles. The van der Waals surface area contributed by atoms with Gasteiger partial charge in [-0.25, -0.2) is 0 Å². The molecule has 1 unspecified atom stereocenters. The Morgan fingerprint density at radius 3 is 2.23 bits per heavy atom. The molecule has 2 N–H and O–H groups in total. The van der Waals surface area contributed by atoms with Crippen molar-refractivity contribution in [3.8, 4) is 16.9 Å². The Balaban J connectivity index is 1.74. The first kappa shape index (κ1) is 24.5. The van der Waals surface area contributed by atoms with Gasteiger partial charge in [0.1, 0.15) is 5.75 Å². The molecule has 0 radical (unpaired) electrons. The Labute approximate surface area is 200 Å². The second-order valence-corrected chi connectivity index (χ2v) is 9.51. The number of hydrogen-bond donors (Lipinski definition) is 2. The highest BCUT2D eigenvalue weighted by Crippen LogP contribution is 2.44. The zero-order valence-corrected chi connectivity index (χ0v) is 19.4. The predicted molar refractivity (Wildman–Crippen MR) is 130 cm³/mol. The first-order chi connectivity index (χ1) is 16.4. The molecule has 0 aliphatic rings. The molecule has 7 heteroatoms. The third-order valence-electron chi connectivity index (χ3n) is 6.44. The molecule has 35 heavy (non-hydrogen) atoms. The molecule has 0 aliphatic carbocycles. The average molecular weight is 482 g/mol. The number of fused-ring (bicyclic) bond motifs is 1. The van der Waals surface area contributed by atoms with Gasteiger partial charge in [0.25, 0.3) is 0 Å². The van der Waals surface area contributed by atoms with E-state index in [1.165, 1.54) is 22.9 Å². The minimum Gasteiger partial charge on any atom is -0.507 e. The van der Waals surface area contributed by atoms with Crippen LogP contribution in [0.3, 0.4) is 0 Å². The van der Waals surface area contributed by atoms with Crippen LogP contribution in [0.2, 0.25) is 0 Å². The van der Waals surface area contributed by atoms with Crippen molar-refractivity contribution in [3.05, 3.63) is 101 Å². The summed E-state index contributed by atoms with van der Waals surface area (Å²) in [4.78, 5) is 12.2. The van der Waals surface area contributed by atoms with Crippen molar-refractivity contribution in [2.45, 2.75) is 44.0 Å². The van der Waals surface area contributed by atoms with Gasteiger partial charge in [-0.2, -0.15) is 13.2 Å². The van der Waals surface area contributed by atoms with Crippen LogP contribution in [0.1, 0.15) is 25.8 Å². The van der Waals surface area contributed by atoms with Gasteiger partial charge in [-0.15, -0.1) is 0 Å². The summed E-state index contributed by atoms with van der Waals surface area (Å²) in [5.41, 5.74) is -2.41. The Hall–Kier alpha value is -3.58. The lowest BCUT2D eigenvalue weighted by Gasteiger charge is -2.38. The summed E-state index contributed by atoms with van der Waals surface area (Å²) in [6.45, 7) is 2.49. The minimum absolute atomic E-state index is 0.0153. The Kier molecular flexibility index (Phi) is 6.23. The lowest BCUT2D eigenvalue weighted by Crippen LogP contribution is -2.52. The summed E-state index contributed by atoms with van der Waals surface area (Å²) in [7, 11) is 0. The van der Waals surface area contributed by atoms with Crippen molar-refractivity contribution in [1.29, 1.82) is 0 Å². The highest BCUT2D eigenvalue weighted by Gasteiger charge is 2.56. The van der Waals surface area contributed by atoms with Crippen LogP contribution in [-0.2, 0) is 12.0 Å². The molecule has 1 atom stereocenters. The number of phenolic OH excluding ortho intramolecular Hbond substituents is 1. The summed E-state index contributed by atoms with van der Waals surface area (Å²) in [5, 5.41) is 21.8. The Bertz CT molecular complexity index is 1410. The van der Waals surface area contributed by atoms with Crippen LogP contribution < -0.4 is 5.43 Å². The van der Waals surface area contributed by atoms with Crippen LogP contribution in [0.25, 0.3) is 22.0 Å². The monoisotopic (exact) mass is 481 g/mol. The van der Waals surface area contributed by atoms with E-state index in [9.17, 15) is 28.2 Å². The molecule has 0 aliphatic heterocycles. The maximum absolute atomic E-state index is 14.4. The quantitative estimate of drug-likeness (QED) is 0.353. The topological polar surface area (TPSA) is 62.5 Å². The van der Waals surface area contributed by atoms with E-state index >= 15 is 0 Å². The molecule has 1 heterocycles. The molecule has 0 fully saturated rings. The number of rotatable bonds is 6. The van der Waals surface area contributed by atoms with Crippen molar-refractivity contribution in [1.82, 2.24) is 4.57 Å². The molecule has 1 aromatic heterocycles. The maximum atomic E-state index is 14.4. The standard InChI is InChI=1S/C28H26F3NO3/c1-26(2,20-12-13-24(33)22(16-20)19-8-4-3-5-9-19)17-27(35,28(29,30)31)18-32-15-14-25(34)21-10-6-7-11-23(21)32/h3-16,33,35H,17-18H2,1-2H3. The SMILES string of the molecule is CC(C)(CC(O)(Cn1ccc(=O)c2ccccc21)C(F)(F)F)c1ccc(O)c(-c2ccccc2)c1. The summed E-state index contributed by atoms with van der Waals surface area (Å²) >= 11 is 0. The zero-order valence-electron chi connectivity index (χ0n) is 19.4. The highest BCUT2D eigenvalue weighted by atomic mass is 19.4. The predicted octanol–water partition coefficient (Wildman–Crippen LogP) is 6.04. The third kappa shape index (κ3) is 4.82. The van der Waals surface area contributed by atoms with Crippen LogP contribution >= 0.6 is 0 Å². The highest BCUT2D eigenvalue weighted by molar-refractivity contribution is 5.78. The fraction of sp³-hybridized carbons (Fsp3) is 0.250. The van der Waals surface area contributed by atoms with Gasteiger partial charge < -0.3 is 14.8 Å². The molecular weight excluding hydrogens is 455 g/mol. The molecule has 0 spiro atoms. The second-order valence-electron chi connectivity index (χ2n) is 9.51. The van der Waals surface area contributed by atoms with Crippen molar-refractivity contribution in [2.75, 3.05) is 0 Å². The lowest BCUT2D eigenvalue weighted by atomic mass is 9.74. The van der Waals surface area contributed by atoms with E-state index in [4.69, 9.17) is 0 Å². The second kappa shape index (κ2) is 8.89. The number of hydrogen-bond acceptors (Lipinski definition) is 3. The third-order valence-corrected chi connectivity index (χ3v) is 6.44. The fourth-order valence-electron chi connectivity index (χ4n) is 4.56. The maximum Gasteiger partial charge on any atom is 0.418 e. The number of aliphatic hydroxyl groups is 1. The fourth-order valence-corrected chi connectivity index (χ4v) is 4.56. The van der Waals surface area contributed by atoms with E-state index in [-0.39, 0.29) is 16.6 Å². The van der Waals surface area contributed by atoms with E-state index in [0.29, 0.717) is 16.6 Å². The van der Waals surface area contributed by atoms with Crippen LogP contribution in [0.15, 0.2) is 89.9 Å². The van der Waals surface area contributed by atoms with Crippen molar-refractivity contribution >= 4 is 10.9 Å². The number of nitrogens with zero attached hydrogens (tertiary/aromatic N) is 1. The van der Waals surface area contributed by atoms with Gasteiger partial charge >= 0.3 is 6.18 Å². The number of phenols is 1. The summed E-state index contributed by atoms with van der Waals surface area (Å²) < 4.78 is 44.3. The van der Waals surface area contributed by atoms with Crippen molar-refractivity contribution in [3.63, 3.8) is 0 Å². The molecular formula is C28H26F3NO3. The number of alkyl halides is 3. The first-order valence-electron chi connectivity index (χ1n) is 11.2. The average Bonchev–Trinajstić information content (AvgIpc) is 2.81. The van der Waals surface area contributed by atoms with Gasteiger partial charge in [-0.3, -0.25) is 4.79 Å². The first-order valence-corrected chi connectivity index (χ1v) is 11.2. The molecule has 0 bridgehead atoms. The van der Waals surface area contributed by atoms with Crippen molar-refractivity contribution in [2.24, 2.45) is 0 Å². The van der Waals surface area contributed by atoms with Gasteiger partial charge in [-0.05, 0) is 47.2 Å². The normalized spacial score (nSPS) is 14.1. The minimum atomic E-state index is -4.94. The molecule has 4 aromatic rings. The number of aromatic hydroxyl groups is 1. The van der Waals surface area contributed by atoms with Gasteiger partial charge in [0.2, 0.25) is 0 Å². The summed E-state index contributed by atoms with van der Waals surface area (Å²) in [6.07, 6.45) is -4.29. The molecule has 0 saturated carbocycles. The largest absolute Gasteiger partial charge is 0.507 e. The summed E-state index contributed by atoms with van der Waals surface area (Å²) in [6, 6.07) is 21.3. The molecule has 182 valence electrons. The van der Waals surface area contributed by atoms with E-state index < -0.39 is 30.2 Å². The molecule has 4 rings (SSSR count). The number of aromatic nitrogens is 1. The van der Waals surface area contributed by atoms with Crippen LogP contribution in [0.5, 0.6) is 5.75 Å². The Morgan fingerprint density at radius 2 is 1.54 bits per heavy atom. The number of halogens is 3. The smallest absolute Gasteiger partial charge is 0.418 e. The number of pyridine rings is 1. The molecule has 3 aromatic carbocycles. The number of benzene rings is 3. The molecule has 0 amide bonds. The van der Waals surface area contributed by atoms with E-state index in [1.54, 1.807) is 62.4 Å². The molecule has 4 nitrogen and oxygen atoms in total. The lowest BCUT2D eigenvalue weighted by molar-refractivity contribution is -0.271. The Morgan fingerprint density at radius 1 is 0.886 bits per heavy atom. The van der Waals surface area contributed by atoms with E-state index in [0.717, 1.165) is 5.56 Å². The number of para-hydroxylation sites is 1. The van der Waals surface area contributed by atoms with E-state index in [2.05, 4.69) is 0 Å². The van der Waals surface area contributed by atoms with Crippen LogP contribution in [0, 0.1) is 0 Å². The van der Waals surface area contributed by atoms with Gasteiger partial charge in [0.15, 0.2) is 11.0 Å². The van der Waals surface area contributed by atoms with Crippen molar-refractivity contribution < 1.29 is 23.4 Å². The summed E-state index contributed by atoms with van der Waals surface area (Å²) in [5.74, 6) is 0.0153. The van der Waals surface area contributed by atoms with Crippen LogP contribution in [0.4, 0.5) is 13.2 Å². The van der Waals surface area contributed by atoms with E-state index in [1.807, 2.05) is 18.2 Å². The van der Waals surface area contributed by atoms with Gasteiger partial charge in [0.05, 0.1) is 12.1 Å². The van der Waals surface area contributed by atoms with Gasteiger partial charge in [0, 0.05) is 23.2 Å². The van der Waals surface area contributed by atoms with Crippen LogP contribution in [-0.4, -0.2) is 26.6 Å². The zero-order chi connectivity index (χ0) is 25.4. The van der Waals surface area contributed by atoms with Gasteiger partial charge in [-0.1, -0.05) is 62.4 Å².